The standard InChI is InChI=1S/C17H28N2O/c1-15-10-11-18-17(2,16-8-5-4-6-9-16)14-19(15)12-7-13-20-3/h4-6,8-9,15,18H,7,10-14H2,1-3H3. The summed E-state index contributed by atoms with van der Waals surface area (Å²) in [6, 6.07) is 11.4. The molecule has 3 nitrogen and oxygen atoms in total. The van der Waals surface area contributed by atoms with Gasteiger partial charge < -0.3 is 10.1 Å². The van der Waals surface area contributed by atoms with Crippen molar-refractivity contribution in [1.29, 1.82) is 0 Å². The molecule has 2 unspecified atom stereocenters. The summed E-state index contributed by atoms with van der Waals surface area (Å²) in [5, 5.41) is 3.75. The maximum absolute atomic E-state index is 5.19. The van der Waals surface area contributed by atoms with E-state index in [2.05, 4.69) is 54.4 Å². The molecule has 2 rings (SSSR count). The molecule has 2 atom stereocenters. The first-order valence-electron chi connectivity index (χ1n) is 7.69. The Kier molecular flexibility index (Phi) is 5.58. The Bertz CT molecular complexity index is 395. The highest BCUT2D eigenvalue weighted by Gasteiger charge is 2.32. The SMILES string of the molecule is COCCCN1CC(C)(c2ccccc2)NCCC1C. The summed E-state index contributed by atoms with van der Waals surface area (Å²) in [7, 11) is 1.78. The molecule has 1 aromatic rings. The zero-order valence-corrected chi connectivity index (χ0v) is 13.1. The van der Waals surface area contributed by atoms with Crippen LogP contribution >= 0.6 is 0 Å². The molecule has 0 bridgehead atoms. The van der Waals surface area contributed by atoms with E-state index >= 15 is 0 Å². The highest BCUT2D eigenvalue weighted by atomic mass is 16.5. The van der Waals surface area contributed by atoms with E-state index in [1.54, 1.807) is 7.11 Å². The van der Waals surface area contributed by atoms with Gasteiger partial charge in [-0.25, -0.2) is 0 Å². The summed E-state index contributed by atoms with van der Waals surface area (Å²) in [5.74, 6) is 0. The number of hydrogen-bond donors (Lipinski definition) is 1. The van der Waals surface area contributed by atoms with Crippen LogP contribution in [0.4, 0.5) is 0 Å². The van der Waals surface area contributed by atoms with Crippen LogP contribution in [0.3, 0.4) is 0 Å². The normalized spacial score (nSPS) is 28.2. The maximum atomic E-state index is 5.19. The molecule has 112 valence electrons. The molecule has 20 heavy (non-hydrogen) atoms. The second-order valence-corrected chi connectivity index (χ2v) is 6.08. The third-order valence-corrected chi connectivity index (χ3v) is 4.42. The van der Waals surface area contributed by atoms with Gasteiger partial charge in [0, 0.05) is 32.8 Å². The van der Waals surface area contributed by atoms with Crippen molar-refractivity contribution in [2.75, 3.05) is 33.4 Å². The first-order valence-corrected chi connectivity index (χ1v) is 7.69. The maximum Gasteiger partial charge on any atom is 0.0535 e. The molecule has 1 aliphatic rings. The van der Waals surface area contributed by atoms with Crippen molar-refractivity contribution in [2.45, 2.75) is 38.3 Å². The largest absolute Gasteiger partial charge is 0.385 e. The van der Waals surface area contributed by atoms with E-state index in [0.717, 1.165) is 32.7 Å². The van der Waals surface area contributed by atoms with Crippen LogP contribution in [0.1, 0.15) is 32.3 Å². The van der Waals surface area contributed by atoms with Crippen LogP contribution in [0.2, 0.25) is 0 Å². The second-order valence-electron chi connectivity index (χ2n) is 6.08. The van der Waals surface area contributed by atoms with E-state index in [1.807, 2.05) is 0 Å². The molecule has 0 aromatic heterocycles. The van der Waals surface area contributed by atoms with Gasteiger partial charge in [0.05, 0.1) is 5.54 Å². The van der Waals surface area contributed by atoms with Gasteiger partial charge in [-0.15, -0.1) is 0 Å². The van der Waals surface area contributed by atoms with E-state index in [9.17, 15) is 0 Å². The van der Waals surface area contributed by atoms with Crippen LogP contribution in [-0.2, 0) is 10.3 Å². The molecule has 0 saturated carbocycles. The molecule has 0 aliphatic carbocycles. The third-order valence-electron chi connectivity index (χ3n) is 4.42. The quantitative estimate of drug-likeness (QED) is 0.837. The third kappa shape index (κ3) is 3.81. The van der Waals surface area contributed by atoms with Crippen molar-refractivity contribution < 1.29 is 4.74 Å². The van der Waals surface area contributed by atoms with Gasteiger partial charge in [0.25, 0.3) is 0 Å². The average molecular weight is 276 g/mol. The molecule has 0 amide bonds. The number of benzene rings is 1. The smallest absolute Gasteiger partial charge is 0.0535 e. The highest BCUT2D eigenvalue weighted by molar-refractivity contribution is 5.24. The van der Waals surface area contributed by atoms with E-state index in [0.29, 0.717) is 6.04 Å². The van der Waals surface area contributed by atoms with Crippen molar-refractivity contribution in [2.24, 2.45) is 0 Å². The lowest BCUT2D eigenvalue weighted by molar-refractivity contribution is 0.138. The summed E-state index contributed by atoms with van der Waals surface area (Å²) in [6.07, 6.45) is 2.31. The monoisotopic (exact) mass is 276 g/mol. The summed E-state index contributed by atoms with van der Waals surface area (Å²) >= 11 is 0. The lowest BCUT2D eigenvalue weighted by Crippen LogP contribution is -2.47. The van der Waals surface area contributed by atoms with Gasteiger partial charge in [-0.3, -0.25) is 4.90 Å². The molecule has 1 heterocycles. The first-order chi connectivity index (χ1) is 9.65. The first kappa shape index (κ1) is 15.5. The number of ether oxygens (including phenoxy) is 1. The van der Waals surface area contributed by atoms with Crippen LogP contribution in [0.5, 0.6) is 0 Å². The van der Waals surface area contributed by atoms with Crippen molar-refractivity contribution >= 4 is 0 Å². The summed E-state index contributed by atoms with van der Waals surface area (Å²) in [6.45, 7) is 8.75. The number of rotatable bonds is 5. The van der Waals surface area contributed by atoms with E-state index in [1.165, 1.54) is 12.0 Å². The predicted molar refractivity (Wildman–Crippen MR) is 83.9 cm³/mol. The molecule has 1 N–H and O–H groups in total. The fourth-order valence-corrected chi connectivity index (χ4v) is 3.07. The van der Waals surface area contributed by atoms with Crippen molar-refractivity contribution in [1.82, 2.24) is 10.2 Å². The minimum Gasteiger partial charge on any atom is -0.385 e. The molecule has 1 aliphatic heterocycles. The fraction of sp³-hybridized carbons (Fsp3) is 0.647. The van der Waals surface area contributed by atoms with E-state index < -0.39 is 0 Å². The van der Waals surface area contributed by atoms with Gasteiger partial charge in [0.2, 0.25) is 0 Å². The van der Waals surface area contributed by atoms with Crippen molar-refractivity contribution in [3.63, 3.8) is 0 Å². The van der Waals surface area contributed by atoms with Crippen LogP contribution in [0, 0.1) is 0 Å². The Labute approximate surface area is 123 Å². The van der Waals surface area contributed by atoms with Gasteiger partial charge in [-0.05, 0) is 38.8 Å². The Morgan fingerprint density at radius 3 is 2.80 bits per heavy atom. The molecule has 3 heteroatoms. The minimum atomic E-state index is 0.0408. The van der Waals surface area contributed by atoms with Crippen LogP contribution < -0.4 is 5.32 Å². The lowest BCUT2D eigenvalue weighted by atomic mass is 9.91. The molecule has 0 spiro atoms. The summed E-state index contributed by atoms with van der Waals surface area (Å²) in [4.78, 5) is 2.60. The Morgan fingerprint density at radius 2 is 2.10 bits per heavy atom. The molecule has 0 radical (unpaired) electrons. The van der Waals surface area contributed by atoms with Crippen molar-refractivity contribution in [3.05, 3.63) is 35.9 Å². The highest BCUT2D eigenvalue weighted by Crippen LogP contribution is 2.26. The van der Waals surface area contributed by atoms with Gasteiger partial charge in [-0.1, -0.05) is 30.3 Å². The lowest BCUT2D eigenvalue weighted by Gasteiger charge is -2.36. The number of hydrogen-bond acceptors (Lipinski definition) is 3. The predicted octanol–water partition coefficient (Wildman–Crippen LogP) is 2.62. The van der Waals surface area contributed by atoms with E-state index in [4.69, 9.17) is 4.74 Å². The number of nitrogens with one attached hydrogen (secondary N) is 1. The zero-order chi connectivity index (χ0) is 14.4. The molecule has 1 saturated heterocycles. The van der Waals surface area contributed by atoms with Gasteiger partial charge in [0.15, 0.2) is 0 Å². The molecular formula is C17H28N2O. The molecule has 1 aromatic carbocycles. The van der Waals surface area contributed by atoms with Gasteiger partial charge >= 0.3 is 0 Å². The Morgan fingerprint density at radius 1 is 1.35 bits per heavy atom. The van der Waals surface area contributed by atoms with Crippen molar-refractivity contribution in [3.8, 4) is 0 Å². The summed E-state index contributed by atoms with van der Waals surface area (Å²) in [5.41, 5.74) is 1.42. The number of methoxy groups -OCH3 is 1. The van der Waals surface area contributed by atoms with Gasteiger partial charge in [0.1, 0.15) is 0 Å². The second kappa shape index (κ2) is 7.21. The Balaban J connectivity index is 2.10. The number of nitrogens with zero attached hydrogens (tertiary/aromatic N) is 1. The minimum absolute atomic E-state index is 0.0408. The van der Waals surface area contributed by atoms with Crippen LogP contribution in [-0.4, -0.2) is 44.3 Å². The molecular weight excluding hydrogens is 248 g/mol. The summed E-state index contributed by atoms with van der Waals surface area (Å²) < 4.78 is 5.19. The molecule has 1 fully saturated rings. The Hall–Kier alpha value is -0.900. The topological polar surface area (TPSA) is 24.5 Å². The van der Waals surface area contributed by atoms with E-state index in [-0.39, 0.29) is 5.54 Å². The zero-order valence-electron chi connectivity index (χ0n) is 13.1. The van der Waals surface area contributed by atoms with Crippen LogP contribution in [0.15, 0.2) is 30.3 Å². The van der Waals surface area contributed by atoms with Crippen LogP contribution in [0.25, 0.3) is 0 Å². The fourth-order valence-electron chi connectivity index (χ4n) is 3.07. The van der Waals surface area contributed by atoms with Gasteiger partial charge in [-0.2, -0.15) is 0 Å². The average Bonchev–Trinajstić information content (AvgIpc) is 2.61.